The van der Waals surface area contributed by atoms with Crippen molar-refractivity contribution in [2.24, 2.45) is 11.7 Å². The lowest BCUT2D eigenvalue weighted by molar-refractivity contribution is 0.253. The van der Waals surface area contributed by atoms with Crippen LogP contribution in [0.2, 0.25) is 0 Å². The van der Waals surface area contributed by atoms with E-state index in [0.717, 1.165) is 6.54 Å². The van der Waals surface area contributed by atoms with E-state index in [1.165, 1.54) is 30.6 Å². The molecule has 2 nitrogen and oxygen atoms in total. The van der Waals surface area contributed by atoms with E-state index in [9.17, 15) is 0 Å². The van der Waals surface area contributed by atoms with Gasteiger partial charge in [-0.05, 0) is 43.7 Å². The molecule has 1 saturated carbocycles. The molecule has 0 bridgehead atoms. The molecule has 1 aliphatic rings. The maximum atomic E-state index is 5.85. The Balaban J connectivity index is 1.92. The van der Waals surface area contributed by atoms with E-state index in [4.69, 9.17) is 5.73 Å². The van der Waals surface area contributed by atoms with Gasteiger partial charge in [-0.2, -0.15) is 0 Å². The van der Waals surface area contributed by atoms with Gasteiger partial charge in [0.25, 0.3) is 0 Å². The maximum absolute atomic E-state index is 5.85. The van der Waals surface area contributed by atoms with Crippen molar-refractivity contribution >= 4 is 11.3 Å². The molecular weight excluding hydrogens is 216 g/mol. The minimum absolute atomic E-state index is 0.470. The molecule has 3 atom stereocenters. The monoisotopic (exact) mass is 238 g/mol. The van der Waals surface area contributed by atoms with Crippen LogP contribution in [0.25, 0.3) is 0 Å². The highest BCUT2D eigenvalue weighted by molar-refractivity contribution is 7.10. The molecule has 1 heterocycles. The molecule has 1 aromatic rings. The van der Waals surface area contributed by atoms with E-state index < -0.39 is 0 Å². The van der Waals surface area contributed by atoms with Crippen LogP contribution in [0, 0.1) is 5.92 Å². The van der Waals surface area contributed by atoms with Crippen LogP contribution in [-0.2, 0) is 0 Å². The van der Waals surface area contributed by atoms with Crippen LogP contribution in [0.15, 0.2) is 17.5 Å². The number of hydrogen-bond acceptors (Lipinski definition) is 3. The molecule has 0 aliphatic heterocycles. The maximum Gasteiger partial charge on any atom is 0.0388 e. The number of hydrogen-bond donors (Lipinski definition) is 2. The quantitative estimate of drug-likeness (QED) is 0.846. The Hall–Kier alpha value is -0.380. The highest BCUT2D eigenvalue weighted by Crippen LogP contribution is 2.27. The van der Waals surface area contributed by atoms with Gasteiger partial charge >= 0.3 is 0 Å². The lowest BCUT2D eigenvalue weighted by Crippen LogP contribution is -2.42. The molecule has 0 saturated heterocycles. The van der Waals surface area contributed by atoms with Gasteiger partial charge in [-0.25, -0.2) is 0 Å². The summed E-state index contributed by atoms with van der Waals surface area (Å²) in [6.45, 7) is 3.09. The van der Waals surface area contributed by atoms with Crippen molar-refractivity contribution in [1.29, 1.82) is 0 Å². The minimum Gasteiger partial charge on any atom is -0.330 e. The Bertz CT molecular complexity index is 297. The zero-order valence-corrected chi connectivity index (χ0v) is 10.8. The van der Waals surface area contributed by atoms with Gasteiger partial charge in [-0.1, -0.05) is 18.9 Å². The number of nitrogens with one attached hydrogen (secondary N) is 1. The molecule has 0 spiro atoms. The van der Waals surface area contributed by atoms with Gasteiger partial charge < -0.3 is 11.1 Å². The lowest BCUT2D eigenvalue weighted by atomic mass is 9.84. The van der Waals surface area contributed by atoms with Crippen molar-refractivity contribution in [3.63, 3.8) is 0 Å². The number of rotatable bonds is 4. The molecule has 0 radical (unpaired) electrons. The van der Waals surface area contributed by atoms with E-state index in [1.54, 1.807) is 0 Å². The van der Waals surface area contributed by atoms with Gasteiger partial charge in [-0.3, -0.25) is 0 Å². The first-order valence-electron chi connectivity index (χ1n) is 6.30. The average molecular weight is 238 g/mol. The number of thiophene rings is 1. The highest BCUT2D eigenvalue weighted by Gasteiger charge is 2.25. The van der Waals surface area contributed by atoms with Crippen molar-refractivity contribution in [3.8, 4) is 0 Å². The largest absolute Gasteiger partial charge is 0.330 e. The Kier molecular flexibility index (Phi) is 4.38. The van der Waals surface area contributed by atoms with E-state index >= 15 is 0 Å². The van der Waals surface area contributed by atoms with Crippen LogP contribution >= 0.6 is 11.3 Å². The van der Waals surface area contributed by atoms with Crippen LogP contribution in [0.5, 0.6) is 0 Å². The number of nitrogens with two attached hydrogens (primary N) is 1. The van der Waals surface area contributed by atoms with E-state index in [-0.39, 0.29) is 0 Å². The Morgan fingerprint density at radius 3 is 3.00 bits per heavy atom. The highest BCUT2D eigenvalue weighted by atomic mass is 32.1. The van der Waals surface area contributed by atoms with E-state index in [2.05, 4.69) is 29.8 Å². The molecule has 0 aromatic carbocycles. The van der Waals surface area contributed by atoms with Gasteiger partial charge in [-0.15, -0.1) is 11.3 Å². The van der Waals surface area contributed by atoms with Crippen molar-refractivity contribution in [3.05, 3.63) is 22.4 Å². The van der Waals surface area contributed by atoms with Crippen molar-refractivity contribution in [2.45, 2.75) is 44.7 Å². The second kappa shape index (κ2) is 5.80. The molecule has 1 fully saturated rings. The third kappa shape index (κ3) is 2.84. The van der Waals surface area contributed by atoms with Gasteiger partial charge in [0.2, 0.25) is 0 Å². The molecule has 90 valence electrons. The Morgan fingerprint density at radius 1 is 1.50 bits per heavy atom. The molecule has 1 aliphatic carbocycles. The van der Waals surface area contributed by atoms with E-state index in [0.29, 0.717) is 18.0 Å². The summed E-state index contributed by atoms with van der Waals surface area (Å²) in [7, 11) is 0. The Labute approximate surface area is 102 Å². The molecule has 3 N–H and O–H groups in total. The third-order valence-corrected chi connectivity index (χ3v) is 4.70. The Morgan fingerprint density at radius 2 is 2.31 bits per heavy atom. The SMILES string of the molecule is C[C@H](NC1CCCCC1CN)c1cccs1. The van der Waals surface area contributed by atoms with Crippen LogP contribution in [0.4, 0.5) is 0 Å². The fourth-order valence-corrected chi connectivity index (χ4v) is 3.39. The fraction of sp³-hybridized carbons (Fsp3) is 0.692. The van der Waals surface area contributed by atoms with Crippen molar-refractivity contribution < 1.29 is 0 Å². The molecule has 2 rings (SSSR count). The first kappa shape index (κ1) is 12.1. The standard InChI is InChI=1S/C13H22N2S/c1-10(13-7-4-8-16-13)15-12-6-3-2-5-11(12)9-14/h4,7-8,10-12,15H,2-3,5-6,9,14H2,1H3/t10-,11?,12?/m0/s1. The smallest absolute Gasteiger partial charge is 0.0388 e. The topological polar surface area (TPSA) is 38.0 Å². The first-order valence-corrected chi connectivity index (χ1v) is 7.18. The lowest BCUT2D eigenvalue weighted by Gasteiger charge is -2.33. The normalized spacial score (nSPS) is 27.9. The minimum atomic E-state index is 0.470. The molecule has 1 aromatic heterocycles. The molecule has 3 heteroatoms. The van der Waals surface area contributed by atoms with Gasteiger partial charge in [0.15, 0.2) is 0 Å². The van der Waals surface area contributed by atoms with Crippen molar-refractivity contribution in [1.82, 2.24) is 5.32 Å². The summed E-state index contributed by atoms with van der Waals surface area (Å²) in [4.78, 5) is 1.43. The van der Waals surface area contributed by atoms with Crippen LogP contribution in [0.3, 0.4) is 0 Å². The summed E-state index contributed by atoms with van der Waals surface area (Å²) in [5.74, 6) is 0.677. The zero-order chi connectivity index (χ0) is 11.4. The molecule has 16 heavy (non-hydrogen) atoms. The summed E-state index contributed by atoms with van der Waals surface area (Å²) >= 11 is 1.83. The summed E-state index contributed by atoms with van der Waals surface area (Å²) in [6, 6.07) is 5.43. The summed E-state index contributed by atoms with van der Waals surface area (Å²) in [5.41, 5.74) is 5.85. The summed E-state index contributed by atoms with van der Waals surface area (Å²) < 4.78 is 0. The molecular formula is C13H22N2S. The van der Waals surface area contributed by atoms with Crippen LogP contribution in [0.1, 0.15) is 43.5 Å². The molecule has 0 amide bonds. The summed E-state index contributed by atoms with van der Waals surface area (Å²) in [6.07, 6.45) is 5.29. The predicted molar refractivity (Wildman–Crippen MR) is 70.7 cm³/mol. The predicted octanol–water partition coefficient (Wildman–Crippen LogP) is 2.92. The van der Waals surface area contributed by atoms with E-state index in [1.807, 2.05) is 11.3 Å². The second-order valence-corrected chi connectivity index (χ2v) is 5.77. The van der Waals surface area contributed by atoms with Crippen LogP contribution in [-0.4, -0.2) is 12.6 Å². The molecule has 2 unspecified atom stereocenters. The van der Waals surface area contributed by atoms with Gasteiger partial charge in [0, 0.05) is 17.0 Å². The summed E-state index contributed by atoms with van der Waals surface area (Å²) in [5, 5.41) is 5.90. The van der Waals surface area contributed by atoms with Crippen LogP contribution < -0.4 is 11.1 Å². The zero-order valence-electron chi connectivity index (χ0n) is 9.99. The second-order valence-electron chi connectivity index (χ2n) is 4.79. The first-order chi connectivity index (χ1) is 7.81. The van der Waals surface area contributed by atoms with Gasteiger partial charge in [0.05, 0.1) is 0 Å². The third-order valence-electron chi connectivity index (χ3n) is 3.65. The fourth-order valence-electron chi connectivity index (χ4n) is 2.65. The van der Waals surface area contributed by atoms with Gasteiger partial charge in [0.1, 0.15) is 0 Å². The average Bonchev–Trinajstić information content (AvgIpc) is 2.83. The van der Waals surface area contributed by atoms with Crippen molar-refractivity contribution in [2.75, 3.05) is 6.54 Å².